The van der Waals surface area contributed by atoms with E-state index < -0.39 is 0 Å². The zero-order valence-electron chi connectivity index (χ0n) is 21.5. The molecule has 3 atom stereocenters. The van der Waals surface area contributed by atoms with Crippen LogP contribution in [-0.2, 0) is 19.3 Å². The lowest BCUT2D eigenvalue weighted by Crippen LogP contribution is -2.27. The Bertz CT molecular complexity index is 985. The van der Waals surface area contributed by atoms with Crippen molar-refractivity contribution in [2.75, 3.05) is 0 Å². The van der Waals surface area contributed by atoms with Crippen LogP contribution in [0.25, 0.3) is 11.1 Å². The van der Waals surface area contributed by atoms with Crippen LogP contribution < -0.4 is 0 Å². The number of benzene rings is 2. The van der Waals surface area contributed by atoms with Crippen molar-refractivity contribution in [1.82, 2.24) is 0 Å². The summed E-state index contributed by atoms with van der Waals surface area (Å²) < 4.78 is 0. The second-order valence-corrected chi connectivity index (χ2v) is 11.0. The molecule has 2 aliphatic carbocycles. The first-order chi connectivity index (χ1) is 16.0. The lowest BCUT2D eigenvalue weighted by molar-refractivity contribution is 0.224. The summed E-state index contributed by atoms with van der Waals surface area (Å²) in [5.74, 6) is 2.31. The lowest BCUT2D eigenvalue weighted by atomic mass is 9.70. The quantitative estimate of drug-likeness (QED) is 0.283. The van der Waals surface area contributed by atoms with Crippen molar-refractivity contribution in [3.63, 3.8) is 0 Å². The number of allylic oxidation sites excluding steroid dienone is 4. The number of fused-ring (bicyclic) bond motifs is 3. The second kappa shape index (κ2) is 11.4. The summed E-state index contributed by atoms with van der Waals surface area (Å²) >= 11 is 0. The molecule has 33 heavy (non-hydrogen) atoms. The van der Waals surface area contributed by atoms with Crippen LogP contribution in [0.15, 0.2) is 65.8 Å². The number of hydrogen-bond donors (Lipinski definition) is 0. The Morgan fingerprint density at radius 3 is 2.48 bits per heavy atom. The summed E-state index contributed by atoms with van der Waals surface area (Å²) in [6.07, 6.45) is 17.7. The molecule has 0 aliphatic heterocycles. The average molecular weight is 441 g/mol. The molecule has 0 N–H and O–H groups in total. The highest BCUT2D eigenvalue weighted by Crippen LogP contribution is 2.43. The molecular weight excluding hydrogens is 396 g/mol. The van der Waals surface area contributed by atoms with Crippen LogP contribution in [0.5, 0.6) is 0 Å². The van der Waals surface area contributed by atoms with Crippen molar-refractivity contribution in [2.24, 2.45) is 17.8 Å². The second-order valence-electron chi connectivity index (χ2n) is 11.0. The van der Waals surface area contributed by atoms with Crippen LogP contribution >= 0.6 is 0 Å². The summed E-state index contributed by atoms with van der Waals surface area (Å²) in [7, 11) is 0. The zero-order valence-corrected chi connectivity index (χ0v) is 21.5. The van der Waals surface area contributed by atoms with E-state index in [2.05, 4.69) is 82.3 Å². The molecule has 0 amide bonds. The van der Waals surface area contributed by atoms with Gasteiger partial charge in [-0.15, -0.1) is 0 Å². The summed E-state index contributed by atoms with van der Waals surface area (Å²) in [6.45, 7) is 9.25. The van der Waals surface area contributed by atoms with Crippen LogP contribution in [0.1, 0.15) is 89.3 Å². The number of hydrogen-bond acceptors (Lipinski definition) is 0. The standard InChI is InChI=1S/C33H44/c1-5-6-7-12-27-17-19-33-29(21-27)23-30(22-28-14-8-9-15-32(28)33)31-18-16-26(20-25(31)4)13-10-11-24(2)3/h8-9,11,14-17,19,21,25,30-31H,5-7,10,12-13,18,20,22-23H2,1-4H3. The zero-order chi connectivity index (χ0) is 23.2. The molecule has 176 valence electrons. The molecule has 2 aromatic carbocycles. The van der Waals surface area contributed by atoms with Gasteiger partial charge in [0, 0.05) is 0 Å². The highest BCUT2D eigenvalue weighted by Gasteiger charge is 2.32. The first kappa shape index (κ1) is 24.1. The molecule has 0 fully saturated rings. The third-order valence-electron chi connectivity index (χ3n) is 8.13. The van der Waals surface area contributed by atoms with Gasteiger partial charge < -0.3 is 0 Å². The molecule has 0 saturated carbocycles. The van der Waals surface area contributed by atoms with E-state index in [0.717, 1.165) is 17.8 Å². The monoisotopic (exact) mass is 440 g/mol. The van der Waals surface area contributed by atoms with E-state index in [1.807, 2.05) is 0 Å². The molecule has 0 heteroatoms. The third kappa shape index (κ3) is 6.08. The van der Waals surface area contributed by atoms with Crippen LogP contribution in [0, 0.1) is 17.8 Å². The maximum atomic E-state index is 2.61. The van der Waals surface area contributed by atoms with Crippen LogP contribution in [-0.4, -0.2) is 0 Å². The van der Waals surface area contributed by atoms with Crippen molar-refractivity contribution < 1.29 is 0 Å². The summed E-state index contributed by atoms with van der Waals surface area (Å²) in [4.78, 5) is 0. The average Bonchev–Trinajstić information content (AvgIpc) is 2.95. The van der Waals surface area contributed by atoms with Crippen LogP contribution in [0.3, 0.4) is 0 Å². The summed E-state index contributed by atoms with van der Waals surface area (Å²) in [6, 6.07) is 16.6. The van der Waals surface area contributed by atoms with E-state index >= 15 is 0 Å². The Morgan fingerprint density at radius 1 is 0.909 bits per heavy atom. The largest absolute Gasteiger partial charge is 0.0856 e. The van der Waals surface area contributed by atoms with Crippen molar-refractivity contribution in [3.8, 4) is 11.1 Å². The molecule has 0 nitrogen and oxygen atoms in total. The highest BCUT2D eigenvalue weighted by atomic mass is 14.4. The van der Waals surface area contributed by atoms with Gasteiger partial charge in [0.1, 0.15) is 0 Å². The first-order valence-corrected chi connectivity index (χ1v) is 13.6. The van der Waals surface area contributed by atoms with Crippen molar-refractivity contribution in [3.05, 3.63) is 82.5 Å². The van der Waals surface area contributed by atoms with Gasteiger partial charge in [-0.25, -0.2) is 0 Å². The van der Waals surface area contributed by atoms with E-state index in [1.54, 1.807) is 22.3 Å². The maximum Gasteiger partial charge on any atom is -0.0149 e. The van der Waals surface area contributed by atoms with E-state index in [-0.39, 0.29) is 0 Å². The number of aryl methyl sites for hydroxylation is 1. The molecule has 0 radical (unpaired) electrons. The van der Waals surface area contributed by atoms with Crippen molar-refractivity contribution in [1.29, 1.82) is 0 Å². The third-order valence-corrected chi connectivity index (χ3v) is 8.13. The Balaban J connectivity index is 1.56. The van der Waals surface area contributed by atoms with Gasteiger partial charge in [0.05, 0.1) is 0 Å². The van der Waals surface area contributed by atoms with Gasteiger partial charge in [0.15, 0.2) is 0 Å². The molecule has 4 rings (SSSR count). The van der Waals surface area contributed by atoms with Gasteiger partial charge in [-0.1, -0.05) is 92.5 Å². The number of rotatable bonds is 8. The van der Waals surface area contributed by atoms with Gasteiger partial charge >= 0.3 is 0 Å². The van der Waals surface area contributed by atoms with Gasteiger partial charge in [-0.05, 0) is 111 Å². The van der Waals surface area contributed by atoms with Crippen molar-refractivity contribution in [2.45, 2.75) is 91.9 Å². The van der Waals surface area contributed by atoms with Gasteiger partial charge in [0.2, 0.25) is 0 Å². The molecule has 0 bridgehead atoms. The predicted octanol–water partition coefficient (Wildman–Crippen LogP) is 9.52. The fourth-order valence-electron chi connectivity index (χ4n) is 6.31. The van der Waals surface area contributed by atoms with Crippen LogP contribution in [0.2, 0.25) is 0 Å². The normalized spacial score (nSPS) is 22.1. The maximum absolute atomic E-state index is 2.61. The minimum Gasteiger partial charge on any atom is -0.0856 e. The molecular formula is C33H44. The highest BCUT2D eigenvalue weighted by molar-refractivity contribution is 5.72. The number of unbranched alkanes of at least 4 members (excludes halogenated alkanes) is 2. The molecule has 2 aromatic rings. The Labute approximate surface area is 203 Å². The lowest BCUT2D eigenvalue weighted by Gasteiger charge is -2.35. The summed E-state index contributed by atoms with van der Waals surface area (Å²) in [5, 5.41) is 0. The van der Waals surface area contributed by atoms with Crippen LogP contribution in [0.4, 0.5) is 0 Å². The fourth-order valence-corrected chi connectivity index (χ4v) is 6.31. The molecule has 0 spiro atoms. The van der Waals surface area contributed by atoms with Gasteiger partial charge in [0.25, 0.3) is 0 Å². The Kier molecular flexibility index (Phi) is 8.29. The predicted molar refractivity (Wildman–Crippen MR) is 145 cm³/mol. The van der Waals surface area contributed by atoms with Gasteiger partial charge in [-0.3, -0.25) is 0 Å². The topological polar surface area (TPSA) is 0 Å². The fraction of sp³-hybridized carbons (Fsp3) is 0.515. The molecule has 0 heterocycles. The minimum atomic E-state index is 0.740. The van der Waals surface area contributed by atoms with Gasteiger partial charge in [-0.2, -0.15) is 0 Å². The molecule has 3 unspecified atom stereocenters. The Hall–Kier alpha value is -2.08. The van der Waals surface area contributed by atoms with E-state index in [9.17, 15) is 0 Å². The molecule has 0 aromatic heterocycles. The van der Waals surface area contributed by atoms with E-state index in [0.29, 0.717) is 0 Å². The summed E-state index contributed by atoms with van der Waals surface area (Å²) in [5.41, 5.74) is 10.8. The molecule has 0 saturated heterocycles. The smallest absolute Gasteiger partial charge is 0.0149 e. The first-order valence-electron chi connectivity index (χ1n) is 13.6. The SMILES string of the molecule is CCCCCc1ccc2c(c1)CC(C1CC=C(CCC=C(C)C)CC1C)Cc1ccccc1-2. The Morgan fingerprint density at radius 2 is 1.70 bits per heavy atom. The minimum absolute atomic E-state index is 0.740. The van der Waals surface area contributed by atoms with E-state index in [4.69, 9.17) is 0 Å². The van der Waals surface area contributed by atoms with Crippen molar-refractivity contribution >= 4 is 0 Å². The molecule has 2 aliphatic rings. The van der Waals surface area contributed by atoms with E-state index in [1.165, 1.54) is 80.9 Å².